The smallest absolute Gasteiger partial charge is 0.229 e. The second-order valence-corrected chi connectivity index (χ2v) is 7.78. The molecule has 23 heavy (non-hydrogen) atoms. The molecule has 4 nitrogen and oxygen atoms in total. The van der Waals surface area contributed by atoms with Gasteiger partial charge in [-0.3, -0.25) is 4.79 Å². The number of pyridine rings is 1. The Balaban J connectivity index is 1.39. The van der Waals surface area contributed by atoms with E-state index in [0.29, 0.717) is 29.0 Å². The molecule has 0 saturated carbocycles. The van der Waals surface area contributed by atoms with E-state index in [-0.39, 0.29) is 11.8 Å². The van der Waals surface area contributed by atoms with Crippen molar-refractivity contribution in [3.8, 4) is 0 Å². The van der Waals surface area contributed by atoms with Crippen molar-refractivity contribution < 1.29 is 4.79 Å². The first-order valence-corrected chi connectivity index (χ1v) is 9.15. The van der Waals surface area contributed by atoms with Crippen molar-refractivity contribution in [3.63, 3.8) is 0 Å². The minimum absolute atomic E-state index is 0.0312. The molecule has 0 unspecified atom stereocenters. The van der Waals surface area contributed by atoms with Gasteiger partial charge in [0.15, 0.2) is 0 Å². The van der Waals surface area contributed by atoms with Gasteiger partial charge >= 0.3 is 0 Å². The van der Waals surface area contributed by atoms with Gasteiger partial charge in [0, 0.05) is 37.3 Å². The van der Waals surface area contributed by atoms with E-state index in [1.807, 2.05) is 9.80 Å². The number of aromatic nitrogens is 1. The van der Waals surface area contributed by atoms with Gasteiger partial charge in [-0.2, -0.15) is 0 Å². The molecule has 4 rings (SSSR count). The lowest BCUT2D eigenvalue weighted by Gasteiger charge is -2.42. The molecule has 0 aliphatic carbocycles. The molecular formula is C16H15Cl2N3OS. The van der Waals surface area contributed by atoms with Gasteiger partial charge in [0.25, 0.3) is 0 Å². The summed E-state index contributed by atoms with van der Waals surface area (Å²) in [6.07, 6.45) is 2.56. The molecule has 1 fully saturated rings. The molecular weight excluding hydrogens is 353 g/mol. The summed E-state index contributed by atoms with van der Waals surface area (Å²) in [5.74, 6) is 0.978. The van der Waals surface area contributed by atoms with Gasteiger partial charge in [0.05, 0.1) is 16.0 Å². The summed E-state index contributed by atoms with van der Waals surface area (Å²) in [4.78, 5) is 22.4. The summed E-state index contributed by atoms with van der Waals surface area (Å²) in [6, 6.07) is 3.81. The van der Waals surface area contributed by atoms with E-state index in [9.17, 15) is 4.79 Å². The number of nitrogens with zero attached hydrogens (tertiary/aromatic N) is 3. The third kappa shape index (κ3) is 2.82. The molecule has 1 saturated heterocycles. The highest BCUT2D eigenvalue weighted by molar-refractivity contribution is 7.10. The summed E-state index contributed by atoms with van der Waals surface area (Å²) in [5.41, 5.74) is 1.30. The van der Waals surface area contributed by atoms with Crippen LogP contribution in [0, 0.1) is 5.92 Å². The highest BCUT2D eigenvalue weighted by atomic mass is 35.5. The monoisotopic (exact) mass is 367 g/mol. The maximum absolute atomic E-state index is 12.7. The van der Waals surface area contributed by atoms with Crippen molar-refractivity contribution >= 4 is 46.3 Å². The Hall–Kier alpha value is -1.30. The van der Waals surface area contributed by atoms with Crippen LogP contribution < -0.4 is 4.90 Å². The molecule has 1 amide bonds. The molecule has 2 aliphatic rings. The van der Waals surface area contributed by atoms with Crippen LogP contribution in [0.3, 0.4) is 0 Å². The Morgan fingerprint density at radius 1 is 1.35 bits per heavy atom. The third-order valence-electron chi connectivity index (χ3n) is 4.44. The quantitative estimate of drug-likeness (QED) is 0.815. The molecule has 2 aromatic rings. The van der Waals surface area contributed by atoms with Crippen LogP contribution in [0.5, 0.6) is 0 Å². The first-order chi connectivity index (χ1) is 11.1. The van der Waals surface area contributed by atoms with Crippen molar-refractivity contribution in [2.75, 3.05) is 24.5 Å². The van der Waals surface area contributed by atoms with Crippen molar-refractivity contribution in [3.05, 3.63) is 44.2 Å². The fraction of sp³-hybridized carbons (Fsp3) is 0.375. The molecule has 0 N–H and O–H groups in total. The first kappa shape index (κ1) is 15.2. The zero-order valence-corrected chi connectivity index (χ0v) is 14.7. The van der Waals surface area contributed by atoms with Crippen LogP contribution in [-0.2, 0) is 17.8 Å². The molecule has 2 aromatic heterocycles. The van der Waals surface area contributed by atoms with Gasteiger partial charge in [-0.15, -0.1) is 11.3 Å². The fourth-order valence-electron chi connectivity index (χ4n) is 3.14. The van der Waals surface area contributed by atoms with Crippen molar-refractivity contribution in [1.82, 2.24) is 9.88 Å². The van der Waals surface area contributed by atoms with Crippen LogP contribution in [-0.4, -0.2) is 35.4 Å². The van der Waals surface area contributed by atoms with Gasteiger partial charge in [-0.05, 0) is 29.5 Å². The van der Waals surface area contributed by atoms with Gasteiger partial charge in [-0.25, -0.2) is 4.98 Å². The second kappa shape index (κ2) is 5.96. The van der Waals surface area contributed by atoms with Crippen LogP contribution in [0.2, 0.25) is 10.0 Å². The zero-order chi connectivity index (χ0) is 16.0. The van der Waals surface area contributed by atoms with Crippen LogP contribution in [0.15, 0.2) is 23.7 Å². The van der Waals surface area contributed by atoms with E-state index in [1.54, 1.807) is 23.6 Å². The van der Waals surface area contributed by atoms with Gasteiger partial charge < -0.3 is 9.80 Å². The SMILES string of the molecule is O=C(C1CN(c2ncc(Cl)cc2Cl)C1)N1CCc2sccc2C1. The summed E-state index contributed by atoms with van der Waals surface area (Å²) in [6.45, 7) is 2.90. The van der Waals surface area contributed by atoms with Crippen molar-refractivity contribution in [2.45, 2.75) is 13.0 Å². The maximum atomic E-state index is 12.7. The van der Waals surface area contributed by atoms with Crippen LogP contribution in [0.4, 0.5) is 5.82 Å². The summed E-state index contributed by atoms with van der Waals surface area (Å²) in [5, 5.41) is 3.16. The number of fused-ring (bicyclic) bond motifs is 1. The Labute approximate surface area is 148 Å². The van der Waals surface area contributed by atoms with Gasteiger partial charge in [-0.1, -0.05) is 23.2 Å². The van der Waals surface area contributed by atoms with E-state index in [1.165, 1.54) is 10.4 Å². The molecule has 0 radical (unpaired) electrons. The number of hydrogen-bond acceptors (Lipinski definition) is 4. The fourth-order valence-corrected chi connectivity index (χ4v) is 4.53. The van der Waals surface area contributed by atoms with E-state index in [2.05, 4.69) is 16.4 Å². The highest BCUT2D eigenvalue weighted by Crippen LogP contribution is 2.32. The lowest BCUT2D eigenvalue weighted by Crippen LogP contribution is -2.55. The molecule has 0 spiro atoms. The van der Waals surface area contributed by atoms with E-state index in [0.717, 1.165) is 19.5 Å². The Morgan fingerprint density at radius 3 is 2.96 bits per heavy atom. The normalized spacial score (nSPS) is 17.8. The molecule has 4 heterocycles. The molecule has 7 heteroatoms. The molecule has 0 atom stereocenters. The average molecular weight is 368 g/mol. The number of carbonyl (C=O) groups excluding carboxylic acids is 1. The molecule has 0 aromatic carbocycles. The Kier molecular flexibility index (Phi) is 3.95. The van der Waals surface area contributed by atoms with Crippen molar-refractivity contribution in [1.29, 1.82) is 0 Å². The van der Waals surface area contributed by atoms with Gasteiger partial charge in [0.2, 0.25) is 5.91 Å². The second-order valence-electron chi connectivity index (χ2n) is 5.94. The lowest BCUT2D eigenvalue weighted by molar-refractivity contribution is -0.137. The number of amides is 1. The third-order valence-corrected chi connectivity index (χ3v) is 5.95. The maximum Gasteiger partial charge on any atom is 0.229 e. The van der Waals surface area contributed by atoms with Gasteiger partial charge in [0.1, 0.15) is 5.82 Å². The standard InChI is InChI=1S/C16H15Cl2N3OS/c17-12-5-13(18)15(19-6-12)21-8-11(9-21)16(22)20-3-1-14-10(7-20)2-4-23-14/h2,4-6,11H,1,3,7-9H2. The van der Waals surface area contributed by atoms with E-state index < -0.39 is 0 Å². The largest absolute Gasteiger partial charge is 0.354 e. The number of halogens is 2. The van der Waals surface area contributed by atoms with Crippen LogP contribution in [0.1, 0.15) is 10.4 Å². The topological polar surface area (TPSA) is 36.4 Å². The summed E-state index contributed by atoms with van der Waals surface area (Å²) in [7, 11) is 0. The first-order valence-electron chi connectivity index (χ1n) is 7.52. The minimum Gasteiger partial charge on any atom is -0.354 e. The average Bonchev–Trinajstić information content (AvgIpc) is 2.95. The Morgan fingerprint density at radius 2 is 2.17 bits per heavy atom. The van der Waals surface area contributed by atoms with Crippen LogP contribution in [0.25, 0.3) is 0 Å². The number of carbonyl (C=O) groups is 1. The van der Waals surface area contributed by atoms with E-state index in [4.69, 9.17) is 23.2 Å². The number of thiophene rings is 1. The number of anilines is 1. The lowest BCUT2D eigenvalue weighted by atomic mass is 9.97. The van der Waals surface area contributed by atoms with E-state index >= 15 is 0 Å². The number of rotatable bonds is 2. The molecule has 120 valence electrons. The predicted molar refractivity (Wildman–Crippen MR) is 93.4 cm³/mol. The van der Waals surface area contributed by atoms with Crippen LogP contribution >= 0.6 is 34.5 Å². The summed E-state index contributed by atoms with van der Waals surface area (Å²) >= 11 is 13.8. The predicted octanol–water partition coefficient (Wildman–Crippen LogP) is 3.47. The minimum atomic E-state index is 0.0312. The molecule has 0 bridgehead atoms. The van der Waals surface area contributed by atoms with Crippen molar-refractivity contribution in [2.24, 2.45) is 5.92 Å². The summed E-state index contributed by atoms with van der Waals surface area (Å²) < 4.78 is 0. The zero-order valence-electron chi connectivity index (χ0n) is 12.3. The highest BCUT2D eigenvalue weighted by Gasteiger charge is 2.37. The molecule has 2 aliphatic heterocycles. The number of hydrogen-bond donors (Lipinski definition) is 0. The Bertz CT molecular complexity index is 758.